The van der Waals surface area contributed by atoms with Gasteiger partial charge in [-0.15, -0.1) is 0 Å². The minimum Gasteiger partial charge on any atom is -0.452 e. The standard InChI is InChI=1S/C20H24N2O5S/c1-13(2)21-19(23)12-27-20(24)16-7-5-6-8-17(16)22-28(25,26)18-11-14(3)9-10-15(18)4/h5-11,13,22H,12H2,1-4H3,(H,21,23). The highest BCUT2D eigenvalue weighted by atomic mass is 32.2. The van der Waals surface area contributed by atoms with Gasteiger partial charge in [-0.1, -0.05) is 24.3 Å². The van der Waals surface area contributed by atoms with E-state index >= 15 is 0 Å². The van der Waals surface area contributed by atoms with Crippen LogP contribution in [0, 0.1) is 13.8 Å². The van der Waals surface area contributed by atoms with Gasteiger partial charge in [-0.3, -0.25) is 9.52 Å². The van der Waals surface area contributed by atoms with Gasteiger partial charge in [0.25, 0.3) is 15.9 Å². The average Bonchev–Trinajstić information content (AvgIpc) is 2.61. The second-order valence-electron chi connectivity index (χ2n) is 6.72. The monoisotopic (exact) mass is 404 g/mol. The number of para-hydroxylation sites is 1. The van der Waals surface area contributed by atoms with Crippen LogP contribution in [0.4, 0.5) is 5.69 Å². The Morgan fingerprint density at radius 1 is 1.07 bits per heavy atom. The molecule has 2 rings (SSSR count). The lowest BCUT2D eigenvalue weighted by Crippen LogP contribution is -2.34. The zero-order valence-electron chi connectivity index (χ0n) is 16.3. The quantitative estimate of drug-likeness (QED) is 0.691. The fourth-order valence-electron chi connectivity index (χ4n) is 2.52. The van der Waals surface area contributed by atoms with Gasteiger partial charge in [0, 0.05) is 6.04 Å². The molecule has 0 saturated carbocycles. The molecule has 0 unspecified atom stereocenters. The van der Waals surface area contributed by atoms with E-state index in [1.165, 1.54) is 12.1 Å². The zero-order chi connectivity index (χ0) is 20.9. The largest absolute Gasteiger partial charge is 0.452 e. The number of ether oxygens (including phenoxy) is 1. The van der Waals surface area contributed by atoms with E-state index in [1.807, 2.05) is 6.07 Å². The summed E-state index contributed by atoms with van der Waals surface area (Å²) in [5.41, 5.74) is 1.49. The van der Waals surface area contributed by atoms with E-state index < -0.39 is 28.5 Å². The molecule has 28 heavy (non-hydrogen) atoms. The summed E-state index contributed by atoms with van der Waals surface area (Å²) in [5, 5.41) is 2.61. The third-order valence-corrected chi connectivity index (χ3v) is 5.32. The van der Waals surface area contributed by atoms with Crippen LogP contribution < -0.4 is 10.0 Å². The fourth-order valence-corrected chi connectivity index (χ4v) is 3.93. The van der Waals surface area contributed by atoms with Crippen LogP contribution in [0.2, 0.25) is 0 Å². The van der Waals surface area contributed by atoms with Crippen molar-refractivity contribution < 1.29 is 22.7 Å². The first kappa shape index (κ1) is 21.4. The van der Waals surface area contributed by atoms with Gasteiger partial charge >= 0.3 is 5.97 Å². The zero-order valence-corrected chi connectivity index (χ0v) is 17.1. The Hall–Kier alpha value is -2.87. The van der Waals surface area contributed by atoms with Gasteiger partial charge in [-0.05, 0) is 57.0 Å². The molecule has 0 aliphatic carbocycles. The number of hydrogen-bond acceptors (Lipinski definition) is 5. The predicted molar refractivity (Wildman–Crippen MR) is 107 cm³/mol. The SMILES string of the molecule is Cc1ccc(C)c(S(=O)(=O)Nc2ccccc2C(=O)OCC(=O)NC(C)C)c1. The van der Waals surface area contributed by atoms with Crippen LogP contribution in [-0.2, 0) is 19.6 Å². The molecule has 0 heterocycles. The topological polar surface area (TPSA) is 102 Å². The molecular weight excluding hydrogens is 380 g/mol. The van der Waals surface area contributed by atoms with Crippen LogP contribution in [0.25, 0.3) is 0 Å². The number of nitrogens with one attached hydrogen (secondary N) is 2. The molecule has 0 aliphatic rings. The fraction of sp³-hybridized carbons (Fsp3) is 0.300. The van der Waals surface area contributed by atoms with Crippen molar-refractivity contribution in [3.8, 4) is 0 Å². The van der Waals surface area contributed by atoms with Crippen LogP contribution in [-0.4, -0.2) is 32.9 Å². The Morgan fingerprint density at radius 3 is 2.43 bits per heavy atom. The molecule has 8 heteroatoms. The van der Waals surface area contributed by atoms with E-state index in [0.29, 0.717) is 5.56 Å². The Labute approximate surface area is 165 Å². The van der Waals surface area contributed by atoms with Crippen LogP contribution in [0.5, 0.6) is 0 Å². The smallest absolute Gasteiger partial charge is 0.340 e. The minimum atomic E-state index is -3.91. The lowest BCUT2D eigenvalue weighted by atomic mass is 10.2. The summed E-state index contributed by atoms with van der Waals surface area (Å²) in [6.45, 7) is 6.62. The molecule has 0 spiro atoms. The molecule has 0 aromatic heterocycles. The third kappa shape index (κ3) is 5.56. The number of carbonyl (C=O) groups excluding carboxylic acids is 2. The molecule has 2 N–H and O–H groups in total. The van der Waals surface area contributed by atoms with Gasteiger partial charge < -0.3 is 10.1 Å². The minimum absolute atomic E-state index is 0.0220. The molecule has 2 aromatic carbocycles. The maximum absolute atomic E-state index is 12.8. The summed E-state index contributed by atoms with van der Waals surface area (Å²) in [4.78, 5) is 24.2. The van der Waals surface area contributed by atoms with E-state index in [2.05, 4.69) is 10.0 Å². The highest BCUT2D eigenvalue weighted by Gasteiger charge is 2.21. The molecule has 0 saturated heterocycles. The molecule has 0 bridgehead atoms. The molecule has 0 atom stereocenters. The van der Waals surface area contributed by atoms with Crippen molar-refractivity contribution in [2.45, 2.75) is 38.6 Å². The van der Waals surface area contributed by atoms with Crippen molar-refractivity contribution in [3.63, 3.8) is 0 Å². The summed E-state index contributed by atoms with van der Waals surface area (Å²) in [6.07, 6.45) is 0. The number of aryl methyl sites for hydroxylation is 2. The maximum Gasteiger partial charge on any atom is 0.340 e. The lowest BCUT2D eigenvalue weighted by molar-refractivity contribution is -0.124. The molecule has 7 nitrogen and oxygen atoms in total. The predicted octanol–water partition coefficient (Wildman–Crippen LogP) is 2.79. The van der Waals surface area contributed by atoms with Crippen LogP contribution in [0.3, 0.4) is 0 Å². The van der Waals surface area contributed by atoms with E-state index in [0.717, 1.165) is 5.56 Å². The van der Waals surface area contributed by atoms with Crippen molar-refractivity contribution in [2.75, 3.05) is 11.3 Å². The molecule has 0 radical (unpaired) electrons. The number of anilines is 1. The number of benzene rings is 2. The van der Waals surface area contributed by atoms with Crippen LogP contribution >= 0.6 is 0 Å². The summed E-state index contributed by atoms with van der Waals surface area (Å²) >= 11 is 0. The first-order valence-corrected chi connectivity index (χ1v) is 10.2. The molecule has 0 fully saturated rings. The maximum atomic E-state index is 12.8. The number of rotatable bonds is 7. The normalized spacial score (nSPS) is 11.2. The summed E-state index contributed by atoms with van der Waals surface area (Å²) in [7, 11) is -3.91. The number of carbonyl (C=O) groups is 2. The molecule has 0 aliphatic heterocycles. The van der Waals surface area contributed by atoms with Gasteiger partial charge in [-0.25, -0.2) is 13.2 Å². The van der Waals surface area contributed by atoms with Gasteiger partial charge in [0.2, 0.25) is 0 Å². The Kier molecular flexibility index (Phi) is 6.80. The second-order valence-corrected chi connectivity index (χ2v) is 8.37. The third-order valence-electron chi connectivity index (χ3n) is 3.81. The van der Waals surface area contributed by atoms with Crippen LogP contribution in [0.1, 0.15) is 35.3 Å². The second kappa shape index (κ2) is 8.88. The average molecular weight is 404 g/mol. The molecule has 2 aromatic rings. The van der Waals surface area contributed by atoms with Gasteiger partial charge in [0.15, 0.2) is 6.61 Å². The Bertz CT molecular complexity index is 984. The highest BCUT2D eigenvalue weighted by Crippen LogP contribution is 2.23. The number of esters is 1. The Balaban J connectivity index is 2.23. The Morgan fingerprint density at radius 2 is 1.75 bits per heavy atom. The molecule has 1 amide bonds. The van der Waals surface area contributed by atoms with E-state index in [4.69, 9.17) is 4.74 Å². The number of hydrogen-bond donors (Lipinski definition) is 2. The van der Waals surface area contributed by atoms with Gasteiger partial charge in [-0.2, -0.15) is 0 Å². The number of sulfonamides is 1. The molecule has 150 valence electrons. The van der Waals surface area contributed by atoms with Gasteiger partial charge in [0.05, 0.1) is 16.1 Å². The summed E-state index contributed by atoms with van der Waals surface area (Å²) < 4.78 is 33.1. The highest BCUT2D eigenvalue weighted by molar-refractivity contribution is 7.92. The first-order chi connectivity index (χ1) is 13.1. The van der Waals surface area contributed by atoms with Gasteiger partial charge in [0.1, 0.15) is 0 Å². The summed E-state index contributed by atoms with van der Waals surface area (Å²) in [6, 6.07) is 11.1. The first-order valence-electron chi connectivity index (χ1n) is 8.75. The molecular formula is C20H24N2O5S. The van der Waals surface area contributed by atoms with Crippen molar-refractivity contribution in [1.82, 2.24) is 5.32 Å². The van der Waals surface area contributed by atoms with Crippen molar-refractivity contribution >= 4 is 27.6 Å². The van der Waals surface area contributed by atoms with Crippen molar-refractivity contribution in [3.05, 3.63) is 59.2 Å². The van der Waals surface area contributed by atoms with Crippen LogP contribution in [0.15, 0.2) is 47.4 Å². The summed E-state index contributed by atoms with van der Waals surface area (Å²) in [5.74, 6) is -1.23. The van der Waals surface area contributed by atoms with E-state index in [9.17, 15) is 18.0 Å². The van der Waals surface area contributed by atoms with Crippen molar-refractivity contribution in [2.24, 2.45) is 0 Å². The van der Waals surface area contributed by atoms with E-state index in [1.54, 1.807) is 52.0 Å². The lowest BCUT2D eigenvalue weighted by Gasteiger charge is -2.14. The van der Waals surface area contributed by atoms with Crippen molar-refractivity contribution in [1.29, 1.82) is 0 Å². The van der Waals surface area contributed by atoms with E-state index in [-0.39, 0.29) is 22.2 Å². The number of amides is 1.